The number of piperidine rings is 1. The fraction of sp³-hybridized carbons (Fsp3) is 0.409. The molecule has 2 aromatic rings. The monoisotopic (exact) mass is 371 g/mol. The van der Waals surface area contributed by atoms with Crippen LogP contribution >= 0.6 is 0 Å². The summed E-state index contributed by atoms with van der Waals surface area (Å²) in [6.45, 7) is 4.68. The number of rotatable bonds is 5. The third-order valence-electron chi connectivity index (χ3n) is 5.21. The van der Waals surface area contributed by atoms with Gasteiger partial charge in [-0.15, -0.1) is 0 Å². The molecule has 0 radical (unpaired) electrons. The zero-order valence-electron chi connectivity index (χ0n) is 16.0. The molecule has 1 heterocycles. The number of methoxy groups -OCH3 is 1. The van der Waals surface area contributed by atoms with Crippen molar-refractivity contribution in [2.45, 2.75) is 45.2 Å². The fourth-order valence-corrected chi connectivity index (χ4v) is 4.16. The van der Waals surface area contributed by atoms with Crippen molar-refractivity contribution in [1.29, 1.82) is 0 Å². The summed E-state index contributed by atoms with van der Waals surface area (Å²) in [5.41, 5.74) is 3.81. The van der Waals surface area contributed by atoms with E-state index in [0.717, 1.165) is 29.5 Å². The van der Waals surface area contributed by atoms with Gasteiger partial charge in [0, 0.05) is 5.56 Å². The second kappa shape index (κ2) is 8.09. The molecule has 0 aliphatic carbocycles. The van der Waals surface area contributed by atoms with Crippen molar-refractivity contribution in [2.24, 2.45) is 0 Å². The first-order valence-corrected chi connectivity index (χ1v) is 9.31. The summed E-state index contributed by atoms with van der Waals surface area (Å²) in [5.74, 6) is -0.626. The summed E-state index contributed by atoms with van der Waals surface area (Å²) < 4.78 is 19.7. The van der Waals surface area contributed by atoms with E-state index in [0.29, 0.717) is 24.3 Å². The van der Waals surface area contributed by atoms with Crippen LogP contribution in [0.4, 0.5) is 4.39 Å². The maximum atomic E-state index is 14.2. The second-order valence-corrected chi connectivity index (χ2v) is 7.30. The number of aryl methyl sites for hydroxylation is 2. The first kappa shape index (κ1) is 19.4. The Morgan fingerprint density at radius 3 is 2.52 bits per heavy atom. The van der Waals surface area contributed by atoms with Crippen molar-refractivity contribution in [3.63, 3.8) is 0 Å². The highest BCUT2D eigenvalue weighted by atomic mass is 19.1. The number of hydrogen-bond donors (Lipinski definition) is 1. The van der Waals surface area contributed by atoms with Crippen LogP contribution < -0.4 is 4.74 Å². The first-order chi connectivity index (χ1) is 12.9. The summed E-state index contributed by atoms with van der Waals surface area (Å²) in [6, 6.07) is 9.65. The van der Waals surface area contributed by atoms with Gasteiger partial charge >= 0.3 is 5.97 Å². The van der Waals surface area contributed by atoms with E-state index in [1.807, 2.05) is 18.7 Å². The lowest BCUT2D eigenvalue weighted by molar-refractivity contribution is -0.145. The van der Waals surface area contributed by atoms with Gasteiger partial charge in [-0.3, -0.25) is 9.69 Å². The Balaban J connectivity index is 2.20. The van der Waals surface area contributed by atoms with Crippen molar-refractivity contribution in [2.75, 3.05) is 13.7 Å². The molecule has 1 N–H and O–H groups in total. The van der Waals surface area contributed by atoms with Crippen molar-refractivity contribution < 1.29 is 19.0 Å². The molecule has 0 spiro atoms. The Morgan fingerprint density at radius 1 is 1.19 bits per heavy atom. The smallest absolute Gasteiger partial charge is 0.320 e. The number of hydrogen-bond acceptors (Lipinski definition) is 3. The molecule has 0 bridgehead atoms. The van der Waals surface area contributed by atoms with Crippen LogP contribution in [0, 0.1) is 19.7 Å². The number of carbonyl (C=O) groups is 1. The standard InChI is InChI=1S/C22H26FNO3/c1-14-10-15(2)12-16(11-14)21(18-13-17(23)7-8-20(18)27-3)24-9-5-4-6-19(24)22(25)26/h7-8,10-13,19,21H,4-6,9H2,1-3H3,(H,25,26). The second-order valence-electron chi connectivity index (χ2n) is 7.30. The quantitative estimate of drug-likeness (QED) is 0.842. The Kier molecular flexibility index (Phi) is 5.80. The molecule has 0 aromatic heterocycles. The Morgan fingerprint density at radius 2 is 1.89 bits per heavy atom. The number of likely N-dealkylation sites (tertiary alicyclic amines) is 1. The van der Waals surface area contributed by atoms with Gasteiger partial charge in [0.2, 0.25) is 0 Å². The summed E-state index contributed by atoms with van der Waals surface area (Å²) >= 11 is 0. The fourth-order valence-electron chi connectivity index (χ4n) is 4.16. The molecule has 5 heteroatoms. The maximum Gasteiger partial charge on any atom is 0.320 e. The average Bonchev–Trinajstić information content (AvgIpc) is 2.62. The van der Waals surface area contributed by atoms with Crippen LogP contribution in [0.15, 0.2) is 36.4 Å². The van der Waals surface area contributed by atoms with Crippen molar-refractivity contribution >= 4 is 5.97 Å². The molecule has 144 valence electrons. The van der Waals surface area contributed by atoms with Crippen molar-refractivity contribution in [3.05, 3.63) is 64.5 Å². The number of carboxylic acid groups (broad SMARTS) is 1. The lowest BCUT2D eigenvalue weighted by Crippen LogP contribution is -2.47. The Hall–Kier alpha value is -2.40. The van der Waals surface area contributed by atoms with Gasteiger partial charge in [-0.25, -0.2) is 4.39 Å². The third-order valence-corrected chi connectivity index (χ3v) is 5.21. The molecular formula is C22H26FNO3. The molecule has 0 amide bonds. The van der Waals surface area contributed by atoms with Crippen LogP contribution in [-0.4, -0.2) is 35.7 Å². The number of nitrogens with zero attached hydrogens (tertiary/aromatic N) is 1. The highest BCUT2D eigenvalue weighted by Crippen LogP contribution is 2.39. The van der Waals surface area contributed by atoms with Crippen LogP contribution in [0.1, 0.15) is 47.6 Å². The van der Waals surface area contributed by atoms with Gasteiger partial charge in [0.25, 0.3) is 0 Å². The van der Waals surface area contributed by atoms with Gasteiger partial charge in [0.05, 0.1) is 13.2 Å². The normalized spacial score (nSPS) is 18.9. The summed E-state index contributed by atoms with van der Waals surface area (Å²) in [4.78, 5) is 13.9. The molecule has 2 atom stereocenters. The zero-order valence-corrected chi connectivity index (χ0v) is 16.0. The lowest BCUT2D eigenvalue weighted by Gasteiger charge is -2.40. The molecule has 4 nitrogen and oxygen atoms in total. The van der Waals surface area contributed by atoms with Gasteiger partial charge in [-0.05, 0) is 57.0 Å². The highest BCUT2D eigenvalue weighted by Gasteiger charge is 2.36. The van der Waals surface area contributed by atoms with Crippen LogP contribution in [0.25, 0.3) is 0 Å². The van der Waals surface area contributed by atoms with Gasteiger partial charge < -0.3 is 9.84 Å². The van der Waals surface area contributed by atoms with E-state index in [2.05, 4.69) is 18.2 Å². The lowest BCUT2D eigenvalue weighted by atomic mass is 9.89. The molecule has 0 saturated carbocycles. The number of benzene rings is 2. The Labute approximate surface area is 159 Å². The highest BCUT2D eigenvalue weighted by molar-refractivity contribution is 5.73. The van der Waals surface area contributed by atoms with Gasteiger partial charge in [-0.1, -0.05) is 35.7 Å². The largest absolute Gasteiger partial charge is 0.496 e. The van der Waals surface area contributed by atoms with E-state index in [4.69, 9.17) is 4.74 Å². The van der Waals surface area contributed by atoms with E-state index in [1.54, 1.807) is 13.2 Å². The van der Waals surface area contributed by atoms with E-state index in [9.17, 15) is 14.3 Å². The molecule has 2 aromatic carbocycles. The molecular weight excluding hydrogens is 345 g/mol. The number of aliphatic carboxylic acids is 1. The van der Waals surface area contributed by atoms with E-state index in [-0.39, 0.29) is 11.9 Å². The Bertz CT molecular complexity index is 816. The average molecular weight is 371 g/mol. The predicted molar refractivity (Wildman–Crippen MR) is 103 cm³/mol. The van der Waals surface area contributed by atoms with Gasteiger partial charge in [0.15, 0.2) is 0 Å². The molecule has 27 heavy (non-hydrogen) atoms. The SMILES string of the molecule is COc1ccc(F)cc1C(c1cc(C)cc(C)c1)N1CCCCC1C(=O)O. The molecule has 1 aliphatic rings. The number of halogens is 1. The van der Waals surface area contributed by atoms with E-state index >= 15 is 0 Å². The van der Waals surface area contributed by atoms with E-state index < -0.39 is 12.0 Å². The molecule has 3 rings (SSSR count). The minimum Gasteiger partial charge on any atom is -0.496 e. The van der Waals surface area contributed by atoms with Gasteiger partial charge in [-0.2, -0.15) is 0 Å². The van der Waals surface area contributed by atoms with Crippen LogP contribution in [0.5, 0.6) is 5.75 Å². The predicted octanol–water partition coefficient (Wildman–Crippen LogP) is 4.48. The van der Waals surface area contributed by atoms with Gasteiger partial charge in [0.1, 0.15) is 17.6 Å². The van der Waals surface area contributed by atoms with Crippen molar-refractivity contribution in [1.82, 2.24) is 4.90 Å². The topological polar surface area (TPSA) is 49.8 Å². The van der Waals surface area contributed by atoms with Crippen molar-refractivity contribution in [3.8, 4) is 5.75 Å². The first-order valence-electron chi connectivity index (χ1n) is 9.31. The maximum absolute atomic E-state index is 14.2. The molecule has 1 saturated heterocycles. The minimum absolute atomic E-state index is 0.357. The number of carboxylic acids is 1. The number of ether oxygens (including phenoxy) is 1. The van der Waals surface area contributed by atoms with E-state index in [1.165, 1.54) is 12.1 Å². The van der Waals surface area contributed by atoms with Crippen LogP contribution in [0.3, 0.4) is 0 Å². The summed E-state index contributed by atoms with van der Waals surface area (Å²) in [7, 11) is 1.56. The minimum atomic E-state index is -0.834. The van der Waals surface area contributed by atoms with Crippen LogP contribution in [0.2, 0.25) is 0 Å². The molecule has 1 aliphatic heterocycles. The summed E-state index contributed by atoms with van der Waals surface area (Å²) in [5, 5.41) is 9.79. The molecule has 1 fully saturated rings. The third kappa shape index (κ3) is 4.14. The van der Waals surface area contributed by atoms with Crippen LogP contribution in [-0.2, 0) is 4.79 Å². The molecule has 2 unspecified atom stereocenters. The zero-order chi connectivity index (χ0) is 19.6. The summed E-state index contributed by atoms with van der Waals surface area (Å²) in [6.07, 6.45) is 2.39.